The molecule has 1 atom stereocenters. The highest BCUT2D eigenvalue weighted by molar-refractivity contribution is 5.93. The summed E-state index contributed by atoms with van der Waals surface area (Å²) in [5.41, 5.74) is 9.83. The smallest absolute Gasteiger partial charge is 0.252 e. The van der Waals surface area contributed by atoms with Gasteiger partial charge in [0.2, 0.25) is 0 Å². The molecule has 0 aromatic heterocycles. The molecule has 0 aromatic carbocycles. The van der Waals surface area contributed by atoms with Gasteiger partial charge in [-0.15, -0.1) is 0 Å². The summed E-state index contributed by atoms with van der Waals surface area (Å²) in [7, 11) is 0. The summed E-state index contributed by atoms with van der Waals surface area (Å²) in [6, 6.07) is 0. The number of nitrogens with one attached hydrogen (secondary N) is 1. The SMILES string of the molecule is [N-]=[N+]=NC1=C(C[C@]2(C(=O)NCCN3CCOCC3)COC(C3CCC(OCCCO)CC3)=N2)CCCC1. The number of rotatable bonds is 12. The lowest BCUT2D eigenvalue weighted by atomic mass is 9.84. The second-order valence-corrected chi connectivity index (χ2v) is 10.5. The number of aliphatic imine (C=N–C) groups is 1. The highest BCUT2D eigenvalue weighted by Gasteiger charge is 2.46. The fraction of sp³-hybridized carbons (Fsp3) is 0.846. The van der Waals surface area contributed by atoms with Crippen LogP contribution in [0, 0.1) is 5.92 Å². The van der Waals surface area contributed by atoms with Crippen LogP contribution in [0.2, 0.25) is 0 Å². The maximum Gasteiger partial charge on any atom is 0.252 e. The van der Waals surface area contributed by atoms with E-state index in [4.69, 9.17) is 29.8 Å². The van der Waals surface area contributed by atoms with Gasteiger partial charge in [-0.1, -0.05) is 10.7 Å². The average Bonchev–Trinajstić information content (AvgIpc) is 3.36. The van der Waals surface area contributed by atoms with Crippen LogP contribution in [0.15, 0.2) is 21.4 Å². The third kappa shape index (κ3) is 7.67. The van der Waals surface area contributed by atoms with E-state index in [2.05, 4.69) is 20.2 Å². The summed E-state index contributed by atoms with van der Waals surface area (Å²) in [6.45, 7) is 5.47. The van der Waals surface area contributed by atoms with Crippen LogP contribution in [-0.4, -0.2) is 92.7 Å². The summed E-state index contributed by atoms with van der Waals surface area (Å²) in [4.78, 5) is 24.0. The molecule has 0 bridgehead atoms. The number of morpholine rings is 1. The number of aliphatic hydroxyl groups is 1. The summed E-state index contributed by atoms with van der Waals surface area (Å²) in [5.74, 6) is 0.742. The Morgan fingerprint density at radius 1 is 1.24 bits per heavy atom. The molecule has 1 amide bonds. The molecule has 0 spiro atoms. The van der Waals surface area contributed by atoms with Crippen LogP contribution < -0.4 is 5.32 Å². The predicted octanol–water partition coefficient (Wildman–Crippen LogP) is 3.09. The Morgan fingerprint density at radius 3 is 2.78 bits per heavy atom. The van der Waals surface area contributed by atoms with Crippen molar-refractivity contribution < 1.29 is 24.1 Å². The van der Waals surface area contributed by atoms with E-state index in [1.165, 1.54) is 0 Å². The molecule has 37 heavy (non-hydrogen) atoms. The first-order chi connectivity index (χ1) is 18.1. The van der Waals surface area contributed by atoms with Gasteiger partial charge >= 0.3 is 0 Å². The van der Waals surface area contributed by atoms with Crippen molar-refractivity contribution in [1.82, 2.24) is 10.2 Å². The van der Waals surface area contributed by atoms with Crippen LogP contribution in [0.1, 0.15) is 64.2 Å². The lowest BCUT2D eigenvalue weighted by molar-refractivity contribution is -0.126. The first-order valence-corrected chi connectivity index (χ1v) is 13.9. The Morgan fingerprint density at radius 2 is 2.03 bits per heavy atom. The summed E-state index contributed by atoms with van der Waals surface area (Å²) in [6.07, 6.45) is 8.51. The number of azide groups is 1. The largest absolute Gasteiger partial charge is 0.478 e. The molecule has 2 fully saturated rings. The summed E-state index contributed by atoms with van der Waals surface area (Å²) >= 11 is 0. The third-order valence-corrected chi connectivity index (χ3v) is 7.92. The fourth-order valence-electron chi connectivity index (χ4n) is 5.74. The van der Waals surface area contributed by atoms with Crippen LogP contribution in [0.4, 0.5) is 0 Å². The molecule has 4 aliphatic rings. The standard InChI is InChI=1S/C26H42N6O5/c27-31-30-23-5-2-1-4-21(23)18-26(25(34)28-10-11-32-12-16-35-17-13-32)19-37-24(29-26)20-6-8-22(9-7-20)36-15-3-14-33/h20,22,33H,1-19H2,(H,28,34)/t20?,22?,26-/m1/s1. The van der Waals surface area contributed by atoms with E-state index in [1.54, 1.807) is 0 Å². The monoisotopic (exact) mass is 518 g/mol. The first kappa shape index (κ1) is 27.9. The normalized spacial score (nSPS) is 28.8. The van der Waals surface area contributed by atoms with Crippen LogP contribution >= 0.6 is 0 Å². The van der Waals surface area contributed by atoms with Gasteiger partial charge in [0.25, 0.3) is 5.91 Å². The van der Waals surface area contributed by atoms with E-state index in [1.807, 2.05) is 0 Å². The molecule has 4 rings (SSSR count). The van der Waals surface area contributed by atoms with Crippen molar-refractivity contribution in [1.29, 1.82) is 0 Å². The second-order valence-electron chi connectivity index (χ2n) is 10.5. The molecule has 2 heterocycles. The summed E-state index contributed by atoms with van der Waals surface area (Å²) < 4.78 is 17.5. The quantitative estimate of drug-likeness (QED) is 0.176. The average molecular weight is 519 g/mol. The molecule has 2 aliphatic heterocycles. The van der Waals surface area contributed by atoms with Crippen LogP contribution in [0.3, 0.4) is 0 Å². The number of hydrogen-bond donors (Lipinski definition) is 2. The highest BCUT2D eigenvalue weighted by atomic mass is 16.5. The number of hydrogen-bond acceptors (Lipinski definition) is 8. The van der Waals surface area contributed by atoms with Gasteiger partial charge in [0.05, 0.1) is 19.3 Å². The highest BCUT2D eigenvalue weighted by Crippen LogP contribution is 2.38. The molecule has 0 aromatic rings. The van der Waals surface area contributed by atoms with Gasteiger partial charge in [0.1, 0.15) is 6.61 Å². The molecule has 2 aliphatic carbocycles. The number of ether oxygens (including phenoxy) is 3. The second kappa shape index (κ2) is 14.1. The molecule has 0 radical (unpaired) electrons. The minimum absolute atomic E-state index is 0.116. The van der Waals surface area contributed by atoms with Crippen molar-refractivity contribution in [3.05, 3.63) is 21.7 Å². The van der Waals surface area contributed by atoms with Crippen LogP contribution in [0.5, 0.6) is 0 Å². The molecular weight excluding hydrogens is 476 g/mol. The molecule has 2 N–H and O–H groups in total. The van der Waals surface area contributed by atoms with Crippen molar-refractivity contribution in [3.63, 3.8) is 0 Å². The van der Waals surface area contributed by atoms with Crippen LogP contribution in [-0.2, 0) is 19.0 Å². The third-order valence-electron chi connectivity index (χ3n) is 7.92. The molecule has 1 saturated heterocycles. The predicted molar refractivity (Wildman–Crippen MR) is 139 cm³/mol. The van der Waals surface area contributed by atoms with Gasteiger partial charge in [-0.2, -0.15) is 0 Å². The van der Waals surface area contributed by atoms with E-state index in [9.17, 15) is 4.79 Å². The van der Waals surface area contributed by atoms with Gasteiger partial charge in [0, 0.05) is 62.3 Å². The van der Waals surface area contributed by atoms with Crippen molar-refractivity contribution in [2.75, 3.05) is 59.2 Å². The zero-order valence-corrected chi connectivity index (χ0v) is 21.9. The number of aliphatic hydroxyl groups excluding tert-OH is 1. The van der Waals surface area contributed by atoms with Crippen molar-refractivity contribution in [2.45, 2.75) is 75.9 Å². The minimum atomic E-state index is -1.03. The van der Waals surface area contributed by atoms with E-state index >= 15 is 0 Å². The fourth-order valence-corrected chi connectivity index (χ4v) is 5.74. The lowest BCUT2D eigenvalue weighted by Gasteiger charge is -2.29. The Hall–Kier alpha value is -2.17. The topological polar surface area (TPSA) is 141 Å². The molecule has 1 saturated carbocycles. The van der Waals surface area contributed by atoms with Crippen molar-refractivity contribution >= 4 is 11.8 Å². The zero-order valence-electron chi connectivity index (χ0n) is 21.9. The Bertz CT molecular complexity index is 875. The number of amides is 1. The minimum Gasteiger partial charge on any atom is -0.478 e. The molecule has 11 heteroatoms. The zero-order chi connectivity index (χ0) is 25.9. The van der Waals surface area contributed by atoms with Gasteiger partial charge in [-0.25, -0.2) is 4.99 Å². The van der Waals surface area contributed by atoms with Crippen molar-refractivity contribution in [2.24, 2.45) is 16.0 Å². The number of nitrogens with zero attached hydrogens (tertiary/aromatic N) is 5. The molecule has 206 valence electrons. The van der Waals surface area contributed by atoms with E-state index in [-0.39, 0.29) is 31.1 Å². The molecule has 0 unspecified atom stereocenters. The Labute approximate surface area is 219 Å². The van der Waals surface area contributed by atoms with Crippen molar-refractivity contribution in [3.8, 4) is 0 Å². The first-order valence-electron chi connectivity index (χ1n) is 13.9. The van der Waals surface area contributed by atoms with Gasteiger partial charge in [-0.3, -0.25) is 9.69 Å². The van der Waals surface area contributed by atoms with E-state index < -0.39 is 5.54 Å². The maximum absolute atomic E-state index is 13.7. The van der Waals surface area contributed by atoms with Crippen LogP contribution in [0.25, 0.3) is 10.4 Å². The van der Waals surface area contributed by atoms with Gasteiger partial charge in [-0.05, 0) is 63.3 Å². The Balaban J connectivity index is 1.44. The number of carbonyl (C=O) groups excluding carboxylic acids is 1. The summed E-state index contributed by atoms with van der Waals surface area (Å²) in [5, 5.41) is 16.1. The number of carbonyl (C=O) groups is 1. The Kier molecular flexibility index (Phi) is 10.6. The van der Waals surface area contributed by atoms with E-state index in [0.29, 0.717) is 31.9 Å². The van der Waals surface area contributed by atoms with Gasteiger partial charge in [0.15, 0.2) is 11.4 Å². The maximum atomic E-state index is 13.7. The number of allylic oxidation sites excluding steroid dienone is 1. The molecule has 11 nitrogen and oxygen atoms in total. The van der Waals surface area contributed by atoms with E-state index in [0.717, 1.165) is 95.5 Å². The van der Waals surface area contributed by atoms with Gasteiger partial charge < -0.3 is 24.6 Å². The lowest BCUT2D eigenvalue weighted by Crippen LogP contribution is -2.49. The molecular formula is C26H42N6O5.